The van der Waals surface area contributed by atoms with Gasteiger partial charge in [0, 0.05) is 45.8 Å². The number of fused-ring (bicyclic) bond motifs is 2. The van der Waals surface area contributed by atoms with Crippen molar-refractivity contribution in [2.24, 2.45) is 5.73 Å². The molecule has 3 rings (SSSR count). The molecule has 2 aliphatic rings. The molecule has 0 aromatic heterocycles. The highest BCUT2D eigenvalue weighted by atomic mass is 19.4. The molecule has 2 heterocycles. The minimum atomic E-state index is -5.08. The van der Waals surface area contributed by atoms with Gasteiger partial charge >= 0.3 is 12.1 Å². The minimum absolute atomic E-state index is 0.191. The van der Waals surface area contributed by atoms with Crippen LogP contribution in [0.5, 0.6) is 5.75 Å². The number of alkyl halides is 3. The summed E-state index contributed by atoms with van der Waals surface area (Å²) in [4.78, 5) is 13.6. The lowest BCUT2D eigenvalue weighted by molar-refractivity contribution is -0.192. The number of carboxylic acid groups (broad SMARTS) is 1. The molecule has 2 aliphatic heterocycles. The van der Waals surface area contributed by atoms with Crippen LogP contribution in [0.25, 0.3) is 0 Å². The van der Waals surface area contributed by atoms with Gasteiger partial charge in [0.05, 0.1) is 23.8 Å². The van der Waals surface area contributed by atoms with E-state index in [1.54, 1.807) is 6.07 Å². The monoisotopic (exact) mass is 448 g/mol. The van der Waals surface area contributed by atoms with Gasteiger partial charge in [-0.1, -0.05) is 0 Å². The molecular weight excluding hydrogens is 424 g/mol. The van der Waals surface area contributed by atoms with Crippen LogP contribution >= 0.6 is 0 Å². The molecule has 31 heavy (non-hydrogen) atoms. The lowest BCUT2D eigenvalue weighted by Gasteiger charge is -2.45. The quantitative estimate of drug-likeness (QED) is 0.622. The Bertz CT molecular complexity index is 773. The van der Waals surface area contributed by atoms with E-state index in [0.29, 0.717) is 18.7 Å². The van der Waals surface area contributed by atoms with Crippen molar-refractivity contribution in [3.05, 3.63) is 29.6 Å². The lowest BCUT2D eigenvalue weighted by Crippen LogP contribution is -2.60. The molecule has 2 unspecified atom stereocenters. The molecule has 172 valence electrons. The van der Waals surface area contributed by atoms with Crippen molar-refractivity contribution in [1.29, 1.82) is 5.26 Å². The predicted octanol–water partition coefficient (Wildman–Crippen LogP) is 1.05. The predicted molar refractivity (Wildman–Crippen MR) is 101 cm³/mol. The van der Waals surface area contributed by atoms with E-state index in [2.05, 4.69) is 9.80 Å². The molecular formula is C19H24F4N4O4. The minimum Gasteiger partial charge on any atom is -0.489 e. The Morgan fingerprint density at radius 3 is 2.23 bits per heavy atom. The maximum absolute atomic E-state index is 13.8. The van der Waals surface area contributed by atoms with Gasteiger partial charge in [-0.2, -0.15) is 18.4 Å². The standard InChI is InChI=1S/C17H23FN4O2.C2HF3O2/c18-16-7-13(8-20)1-2-17(16)23-6-5-22-11-14-9-21(4-3-19)10-15(12-22)24-14;3-2(4,5)1(6)7/h1-2,7,14-15H,3-6,9-12,19H2;(H,6,7). The van der Waals surface area contributed by atoms with Crippen molar-refractivity contribution in [3.63, 3.8) is 0 Å². The van der Waals surface area contributed by atoms with Crippen LogP contribution in [0.2, 0.25) is 0 Å². The number of halogens is 4. The summed E-state index contributed by atoms with van der Waals surface area (Å²) in [7, 11) is 0. The van der Waals surface area contributed by atoms with Crippen LogP contribution in [0.1, 0.15) is 5.56 Å². The average Bonchev–Trinajstić information content (AvgIpc) is 2.68. The second-order valence-corrected chi connectivity index (χ2v) is 7.10. The first kappa shape index (κ1) is 24.8. The van der Waals surface area contributed by atoms with Gasteiger partial charge in [0.1, 0.15) is 6.61 Å². The van der Waals surface area contributed by atoms with Gasteiger partial charge in [0.2, 0.25) is 0 Å². The van der Waals surface area contributed by atoms with Gasteiger partial charge in [-0.15, -0.1) is 0 Å². The van der Waals surface area contributed by atoms with E-state index in [1.807, 2.05) is 6.07 Å². The van der Waals surface area contributed by atoms with Crippen LogP contribution in [0.4, 0.5) is 17.6 Å². The van der Waals surface area contributed by atoms with E-state index in [1.165, 1.54) is 12.1 Å². The lowest BCUT2D eigenvalue weighted by atomic mass is 10.1. The summed E-state index contributed by atoms with van der Waals surface area (Å²) in [6, 6.07) is 6.17. The number of nitrogens with zero attached hydrogens (tertiary/aromatic N) is 3. The van der Waals surface area contributed by atoms with Crippen molar-refractivity contribution in [2.45, 2.75) is 18.4 Å². The number of nitrogens with two attached hydrogens (primary N) is 1. The number of ether oxygens (including phenoxy) is 2. The first-order valence-corrected chi connectivity index (χ1v) is 9.55. The molecule has 0 saturated carbocycles. The molecule has 12 heteroatoms. The molecule has 0 aliphatic carbocycles. The topological polar surface area (TPSA) is 112 Å². The van der Waals surface area contributed by atoms with E-state index < -0.39 is 18.0 Å². The summed E-state index contributed by atoms with van der Waals surface area (Å²) < 4.78 is 57.0. The van der Waals surface area contributed by atoms with Crippen molar-refractivity contribution >= 4 is 5.97 Å². The Kier molecular flexibility index (Phi) is 9.00. The fourth-order valence-corrected chi connectivity index (χ4v) is 3.38. The fraction of sp³-hybridized carbons (Fsp3) is 0.579. The van der Waals surface area contributed by atoms with Gasteiger partial charge in [-0.05, 0) is 18.2 Å². The van der Waals surface area contributed by atoms with Crippen LogP contribution < -0.4 is 10.5 Å². The highest BCUT2D eigenvalue weighted by Gasteiger charge is 2.38. The second-order valence-electron chi connectivity index (χ2n) is 7.10. The van der Waals surface area contributed by atoms with Crippen LogP contribution in [0.15, 0.2) is 18.2 Å². The summed E-state index contributed by atoms with van der Waals surface area (Å²) in [6.07, 6.45) is -4.67. The molecule has 2 fully saturated rings. The molecule has 8 nitrogen and oxygen atoms in total. The molecule has 0 amide bonds. The number of morpholine rings is 2. The van der Waals surface area contributed by atoms with Crippen molar-refractivity contribution in [1.82, 2.24) is 9.80 Å². The normalized spacial score (nSPS) is 21.5. The zero-order chi connectivity index (χ0) is 23.0. The summed E-state index contributed by atoms with van der Waals surface area (Å²) in [5, 5.41) is 15.9. The van der Waals surface area contributed by atoms with Crippen molar-refractivity contribution in [3.8, 4) is 11.8 Å². The third-order valence-electron chi connectivity index (χ3n) is 4.65. The highest BCUT2D eigenvalue weighted by molar-refractivity contribution is 5.73. The Labute approximate surface area is 176 Å². The fourth-order valence-electron chi connectivity index (χ4n) is 3.38. The van der Waals surface area contributed by atoms with Gasteiger partial charge in [0.25, 0.3) is 0 Å². The largest absolute Gasteiger partial charge is 0.490 e. The van der Waals surface area contributed by atoms with E-state index in [9.17, 15) is 17.6 Å². The van der Waals surface area contributed by atoms with Gasteiger partial charge in [-0.25, -0.2) is 9.18 Å². The Morgan fingerprint density at radius 2 is 1.77 bits per heavy atom. The number of carbonyl (C=O) groups is 1. The van der Waals surface area contributed by atoms with Crippen molar-refractivity contribution < 1.29 is 36.9 Å². The first-order chi connectivity index (χ1) is 14.6. The van der Waals surface area contributed by atoms with Crippen molar-refractivity contribution in [2.75, 3.05) is 52.4 Å². The number of carboxylic acids is 1. The molecule has 1 aromatic carbocycles. The third kappa shape index (κ3) is 7.95. The Morgan fingerprint density at radius 1 is 1.23 bits per heavy atom. The van der Waals surface area contributed by atoms with E-state index in [0.717, 1.165) is 39.3 Å². The number of rotatable bonds is 6. The zero-order valence-electron chi connectivity index (χ0n) is 16.6. The molecule has 0 radical (unpaired) electrons. The number of hydrogen-bond acceptors (Lipinski definition) is 7. The summed E-state index contributed by atoms with van der Waals surface area (Å²) >= 11 is 0. The van der Waals surface area contributed by atoms with E-state index >= 15 is 0 Å². The summed E-state index contributed by atoms with van der Waals surface area (Å²) in [5.41, 5.74) is 5.92. The first-order valence-electron chi connectivity index (χ1n) is 9.55. The Balaban J connectivity index is 0.000000423. The highest BCUT2D eigenvalue weighted by Crippen LogP contribution is 2.20. The van der Waals surface area contributed by atoms with E-state index in [4.69, 9.17) is 30.4 Å². The molecule has 0 spiro atoms. The maximum Gasteiger partial charge on any atom is 0.490 e. The molecule has 2 bridgehead atoms. The molecule has 2 atom stereocenters. The second kappa shape index (κ2) is 11.2. The van der Waals surface area contributed by atoms with Crippen LogP contribution in [0.3, 0.4) is 0 Å². The van der Waals surface area contributed by atoms with Gasteiger partial charge < -0.3 is 20.3 Å². The van der Waals surface area contributed by atoms with E-state index in [-0.39, 0.29) is 18.0 Å². The van der Waals surface area contributed by atoms with Crippen LogP contribution in [0, 0.1) is 17.1 Å². The maximum atomic E-state index is 13.8. The zero-order valence-corrected chi connectivity index (χ0v) is 16.6. The number of benzene rings is 1. The molecule has 2 saturated heterocycles. The average molecular weight is 448 g/mol. The summed E-state index contributed by atoms with van der Waals surface area (Å²) in [6.45, 7) is 6.27. The smallest absolute Gasteiger partial charge is 0.489 e. The number of aliphatic carboxylic acids is 1. The van der Waals surface area contributed by atoms with Crippen LogP contribution in [-0.2, 0) is 9.53 Å². The number of hydrogen-bond donors (Lipinski definition) is 2. The van der Waals surface area contributed by atoms with Crippen LogP contribution in [-0.4, -0.2) is 91.7 Å². The van der Waals surface area contributed by atoms with Gasteiger partial charge in [-0.3, -0.25) is 9.80 Å². The molecule has 3 N–H and O–H groups in total. The third-order valence-corrected chi connectivity index (χ3v) is 4.65. The summed E-state index contributed by atoms with van der Waals surface area (Å²) in [5.74, 6) is -3.06. The SMILES string of the molecule is N#Cc1ccc(OCCN2CC3CN(CCN)CC(C2)O3)c(F)c1.O=C(O)C(F)(F)F. The Hall–Kier alpha value is -2.46. The van der Waals surface area contributed by atoms with Gasteiger partial charge in [0.15, 0.2) is 11.6 Å². The molecule has 1 aromatic rings. The number of nitriles is 1.